The normalized spacial score (nSPS) is 10.5. The van der Waals surface area contributed by atoms with Crippen molar-refractivity contribution in [1.82, 2.24) is 10.2 Å². The number of aryl methyl sites for hydroxylation is 1. The summed E-state index contributed by atoms with van der Waals surface area (Å²) in [5, 5.41) is 8.65. The highest BCUT2D eigenvalue weighted by molar-refractivity contribution is 14.1. The van der Waals surface area contributed by atoms with Crippen LogP contribution in [0.2, 0.25) is 0 Å². The molecule has 0 bridgehead atoms. The maximum Gasteiger partial charge on any atom is 0.178 e. The first-order valence-electron chi connectivity index (χ1n) is 3.92. The Balaban J connectivity index is 2.55. The summed E-state index contributed by atoms with van der Waals surface area (Å²) >= 11 is 3.56. The average Bonchev–Trinajstić information content (AvgIpc) is 2.56. The van der Waals surface area contributed by atoms with Gasteiger partial charge in [-0.3, -0.25) is 0 Å². The Morgan fingerprint density at radius 1 is 1.36 bits per heavy atom. The van der Waals surface area contributed by atoms with E-state index in [4.69, 9.17) is 0 Å². The van der Waals surface area contributed by atoms with E-state index in [1.807, 2.05) is 6.92 Å². The molecule has 14 heavy (non-hydrogen) atoms. The lowest BCUT2D eigenvalue weighted by Gasteiger charge is -2.00. The first-order chi connectivity index (χ1) is 6.66. The highest BCUT2D eigenvalue weighted by atomic mass is 127. The van der Waals surface area contributed by atoms with Crippen LogP contribution in [-0.4, -0.2) is 10.2 Å². The van der Waals surface area contributed by atoms with Gasteiger partial charge in [-0.05, 0) is 47.2 Å². The van der Waals surface area contributed by atoms with Crippen molar-refractivity contribution in [3.63, 3.8) is 0 Å². The molecular formula is C9H6FIN2S. The van der Waals surface area contributed by atoms with Gasteiger partial charge < -0.3 is 0 Å². The summed E-state index contributed by atoms with van der Waals surface area (Å²) in [7, 11) is 0. The zero-order chi connectivity index (χ0) is 10.1. The van der Waals surface area contributed by atoms with Gasteiger partial charge in [0.05, 0.1) is 0 Å². The van der Waals surface area contributed by atoms with Gasteiger partial charge in [0.1, 0.15) is 10.8 Å². The summed E-state index contributed by atoms with van der Waals surface area (Å²) < 4.78 is 13.9. The fourth-order valence-electron chi connectivity index (χ4n) is 1.14. The summed E-state index contributed by atoms with van der Waals surface area (Å²) in [6, 6.07) is 4.69. The second-order valence-electron chi connectivity index (χ2n) is 2.82. The van der Waals surface area contributed by atoms with E-state index in [0.717, 1.165) is 19.1 Å². The van der Waals surface area contributed by atoms with E-state index in [-0.39, 0.29) is 5.82 Å². The van der Waals surface area contributed by atoms with Crippen molar-refractivity contribution in [2.45, 2.75) is 6.92 Å². The van der Waals surface area contributed by atoms with E-state index in [2.05, 4.69) is 32.8 Å². The minimum Gasteiger partial charge on any atom is -0.207 e. The Morgan fingerprint density at radius 2 is 2.14 bits per heavy atom. The van der Waals surface area contributed by atoms with Gasteiger partial charge in [0.2, 0.25) is 0 Å². The van der Waals surface area contributed by atoms with Gasteiger partial charge in [0, 0.05) is 5.56 Å². The molecule has 0 radical (unpaired) electrons. The van der Waals surface area contributed by atoms with Crippen molar-refractivity contribution in [1.29, 1.82) is 0 Å². The van der Waals surface area contributed by atoms with Gasteiger partial charge in [-0.2, -0.15) is 0 Å². The molecule has 0 fully saturated rings. The molecule has 2 aromatic rings. The van der Waals surface area contributed by atoms with Gasteiger partial charge in [-0.15, -0.1) is 10.2 Å². The van der Waals surface area contributed by atoms with Gasteiger partial charge >= 0.3 is 0 Å². The fourth-order valence-corrected chi connectivity index (χ4v) is 2.53. The van der Waals surface area contributed by atoms with E-state index >= 15 is 0 Å². The number of hydrogen-bond donors (Lipinski definition) is 0. The lowest BCUT2D eigenvalue weighted by molar-refractivity contribution is 0.628. The predicted molar refractivity (Wildman–Crippen MR) is 62.8 cm³/mol. The highest BCUT2D eigenvalue weighted by Crippen LogP contribution is 2.27. The predicted octanol–water partition coefficient (Wildman–Crippen LogP) is 3.26. The maximum atomic E-state index is 13.0. The summed E-state index contributed by atoms with van der Waals surface area (Å²) in [4.78, 5) is 0. The SMILES string of the molecule is Cc1ccc(F)cc1-c1nnc(I)s1. The van der Waals surface area contributed by atoms with Gasteiger partial charge in [0.25, 0.3) is 0 Å². The number of halogens is 2. The molecule has 2 rings (SSSR count). The van der Waals surface area contributed by atoms with Crippen LogP contribution < -0.4 is 0 Å². The van der Waals surface area contributed by atoms with Crippen molar-refractivity contribution in [2.24, 2.45) is 0 Å². The van der Waals surface area contributed by atoms with Crippen LogP contribution in [0.15, 0.2) is 18.2 Å². The molecular weight excluding hydrogens is 314 g/mol. The van der Waals surface area contributed by atoms with Crippen molar-refractivity contribution in [3.05, 3.63) is 32.6 Å². The van der Waals surface area contributed by atoms with Crippen LogP contribution in [-0.2, 0) is 0 Å². The van der Waals surface area contributed by atoms with Crippen molar-refractivity contribution < 1.29 is 4.39 Å². The zero-order valence-corrected chi connectivity index (χ0v) is 10.3. The molecule has 0 aliphatic rings. The second-order valence-corrected chi connectivity index (χ2v) is 5.55. The zero-order valence-electron chi connectivity index (χ0n) is 7.29. The minimum atomic E-state index is -0.240. The molecule has 1 aromatic heterocycles. The fraction of sp³-hybridized carbons (Fsp3) is 0.111. The smallest absolute Gasteiger partial charge is 0.178 e. The summed E-state index contributed by atoms with van der Waals surface area (Å²) in [5.41, 5.74) is 1.84. The van der Waals surface area contributed by atoms with Gasteiger partial charge in [-0.1, -0.05) is 17.4 Å². The first kappa shape index (κ1) is 9.97. The van der Waals surface area contributed by atoms with Crippen LogP contribution in [0, 0.1) is 15.8 Å². The molecule has 1 heterocycles. The van der Waals surface area contributed by atoms with Crippen LogP contribution in [0.4, 0.5) is 4.39 Å². The van der Waals surface area contributed by atoms with Crippen molar-refractivity contribution in [3.8, 4) is 10.6 Å². The van der Waals surface area contributed by atoms with Crippen LogP contribution >= 0.6 is 33.9 Å². The highest BCUT2D eigenvalue weighted by Gasteiger charge is 2.08. The molecule has 5 heteroatoms. The number of aromatic nitrogens is 2. The number of benzene rings is 1. The molecule has 0 aliphatic heterocycles. The largest absolute Gasteiger partial charge is 0.207 e. The molecule has 72 valence electrons. The van der Waals surface area contributed by atoms with Gasteiger partial charge in [-0.25, -0.2) is 4.39 Å². The maximum absolute atomic E-state index is 13.0. The molecule has 0 N–H and O–H groups in total. The molecule has 0 unspecified atom stereocenters. The average molecular weight is 320 g/mol. The van der Waals surface area contributed by atoms with E-state index in [0.29, 0.717) is 0 Å². The van der Waals surface area contributed by atoms with E-state index in [1.54, 1.807) is 6.07 Å². The van der Waals surface area contributed by atoms with E-state index in [1.165, 1.54) is 23.5 Å². The van der Waals surface area contributed by atoms with Crippen LogP contribution in [0.5, 0.6) is 0 Å². The monoisotopic (exact) mass is 320 g/mol. The first-order valence-corrected chi connectivity index (χ1v) is 5.82. The third kappa shape index (κ3) is 1.93. The number of hydrogen-bond acceptors (Lipinski definition) is 3. The standard InChI is InChI=1S/C9H6FIN2S/c1-5-2-3-6(10)4-7(5)8-12-13-9(11)14-8/h2-4H,1H3. The van der Waals surface area contributed by atoms with Crippen LogP contribution in [0.25, 0.3) is 10.6 Å². The van der Waals surface area contributed by atoms with Crippen LogP contribution in [0.1, 0.15) is 5.56 Å². The van der Waals surface area contributed by atoms with Crippen LogP contribution in [0.3, 0.4) is 0 Å². The van der Waals surface area contributed by atoms with E-state index < -0.39 is 0 Å². The summed E-state index contributed by atoms with van der Waals surface area (Å²) in [6.45, 7) is 1.93. The molecule has 0 saturated heterocycles. The molecule has 2 nitrogen and oxygen atoms in total. The lowest BCUT2D eigenvalue weighted by atomic mass is 10.1. The molecule has 0 spiro atoms. The van der Waals surface area contributed by atoms with Gasteiger partial charge in [0.15, 0.2) is 3.01 Å². The number of nitrogens with zero attached hydrogens (tertiary/aromatic N) is 2. The third-order valence-corrected chi connectivity index (χ3v) is 3.45. The molecule has 0 amide bonds. The lowest BCUT2D eigenvalue weighted by Crippen LogP contribution is -1.84. The molecule has 1 aromatic carbocycles. The molecule has 0 atom stereocenters. The van der Waals surface area contributed by atoms with Crippen molar-refractivity contribution >= 4 is 33.9 Å². The van der Waals surface area contributed by atoms with Crippen molar-refractivity contribution in [2.75, 3.05) is 0 Å². The second kappa shape index (κ2) is 3.90. The Hall–Kier alpha value is -0.560. The quantitative estimate of drug-likeness (QED) is 0.754. The Bertz CT molecular complexity index is 470. The topological polar surface area (TPSA) is 25.8 Å². The Morgan fingerprint density at radius 3 is 2.79 bits per heavy atom. The summed E-state index contributed by atoms with van der Waals surface area (Å²) in [6.07, 6.45) is 0. The van der Waals surface area contributed by atoms with E-state index in [9.17, 15) is 4.39 Å². The Labute approximate surface area is 98.3 Å². The molecule has 0 saturated carbocycles. The summed E-state index contributed by atoms with van der Waals surface area (Å²) in [5.74, 6) is -0.240. The molecule has 0 aliphatic carbocycles. The third-order valence-electron chi connectivity index (χ3n) is 1.83. The Kier molecular flexibility index (Phi) is 2.78. The number of rotatable bonds is 1. The minimum absolute atomic E-state index is 0.240.